The van der Waals surface area contributed by atoms with Crippen molar-refractivity contribution in [3.63, 3.8) is 0 Å². The van der Waals surface area contributed by atoms with Gasteiger partial charge in [-0.05, 0) is 57.6 Å². The van der Waals surface area contributed by atoms with Crippen LogP contribution in [0.1, 0.15) is 88.8 Å². The lowest BCUT2D eigenvalue weighted by Crippen LogP contribution is -2.25. The molecule has 160 valence electrons. The molecule has 2 rings (SSSR count). The molecule has 2 atom stereocenters. The number of nitrogens with zero attached hydrogens (tertiary/aromatic N) is 1. The Morgan fingerprint density at radius 2 is 2.00 bits per heavy atom. The molecule has 0 N–H and O–H groups in total. The highest BCUT2D eigenvalue weighted by Crippen LogP contribution is 2.22. The van der Waals surface area contributed by atoms with Gasteiger partial charge in [0.25, 0.3) is 0 Å². The van der Waals surface area contributed by atoms with E-state index in [0.29, 0.717) is 32.1 Å². The molecule has 1 aliphatic rings. The first kappa shape index (κ1) is 23.5. The van der Waals surface area contributed by atoms with E-state index in [1.165, 1.54) is 0 Å². The molecule has 0 fully saturated rings. The number of ether oxygens (including phenoxy) is 1. The Kier molecular flexibility index (Phi) is 10.3. The first-order chi connectivity index (χ1) is 14.0. The van der Waals surface area contributed by atoms with Crippen LogP contribution in [0.15, 0.2) is 23.1 Å². The molecular weight excluding hydrogens is 382 g/mol. The van der Waals surface area contributed by atoms with E-state index in [0.717, 1.165) is 48.4 Å². The predicted molar refractivity (Wildman–Crippen MR) is 120 cm³/mol. The Hall–Kier alpha value is -1.75. The number of hydrogen-bond donors (Lipinski definition) is 0. The molecule has 2 heterocycles. The van der Waals surface area contributed by atoms with E-state index >= 15 is 0 Å². The zero-order chi connectivity index (χ0) is 21.1. The van der Waals surface area contributed by atoms with Crippen molar-refractivity contribution in [2.75, 3.05) is 0 Å². The van der Waals surface area contributed by atoms with Crippen molar-refractivity contribution in [1.29, 1.82) is 0 Å². The second-order valence-corrected chi connectivity index (χ2v) is 9.01. The SMILES string of the molecule is CCC1CCC(=O)CCCCCC/C=C\CC(/C(C)=C/c2csc(C)n2)OC1=O. The predicted octanol–water partition coefficient (Wildman–Crippen LogP) is 6.44. The molecule has 0 aromatic carbocycles. The number of ketones is 1. The van der Waals surface area contributed by atoms with E-state index in [-0.39, 0.29) is 23.8 Å². The lowest BCUT2D eigenvalue weighted by Gasteiger charge is -2.21. The summed E-state index contributed by atoms with van der Waals surface area (Å²) in [5.41, 5.74) is 1.91. The molecule has 0 spiro atoms. The number of aromatic nitrogens is 1. The fraction of sp³-hybridized carbons (Fsp3) is 0.625. The Balaban J connectivity index is 2.14. The van der Waals surface area contributed by atoms with Gasteiger partial charge in [-0.1, -0.05) is 31.9 Å². The highest BCUT2D eigenvalue weighted by atomic mass is 32.1. The minimum atomic E-state index is -0.293. The van der Waals surface area contributed by atoms with Gasteiger partial charge < -0.3 is 4.74 Å². The van der Waals surface area contributed by atoms with Crippen molar-refractivity contribution in [2.45, 2.75) is 91.1 Å². The van der Waals surface area contributed by atoms with Gasteiger partial charge in [0, 0.05) is 24.6 Å². The molecule has 4 nitrogen and oxygen atoms in total. The highest BCUT2D eigenvalue weighted by Gasteiger charge is 2.23. The number of carbonyl (C=O) groups is 2. The summed E-state index contributed by atoms with van der Waals surface area (Å²) in [6.07, 6.45) is 14.5. The average molecular weight is 418 g/mol. The zero-order valence-electron chi connectivity index (χ0n) is 18.1. The molecule has 0 amide bonds. The number of allylic oxidation sites excluding steroid dienone is 1. The molecule has 1 aromatic heterocycles. The van der Waals surface area contributed by atoms with Gasteiger partial charge in [-0.25, -0.2) is 4.98 Å². The van der Waals surface area contributed by atoms with Crippen LogP contribution in [0.25, 0.3) is 6.08 Å². The highest BCUT2D eigenvalue weighted by molar-refractivity contribution is 7.09. The van der Waals surface area contributed by atoms with Crippen LogP contribution in [-0.2, 0) is 14.3 Å². The van der Waals surface area contributed by atoms with Gasteiger partial charge in [-0.15, -0.1) is 11.3 Å². The lowest BCUT2D eigenvalue weighted by atomic mass is 9.96. The van der Waals surface area contributed by atoms with Crippen molar-refractivity contribution in [2.24, 2.45) is 5.92 Å². The number of aryl methyl sites for hydroxylation is 1. The fourth-order valence-electron chi connectivity index (χ4n) is 3.56. The van der Waals surface area contributed by atoms with Gasteiger partial charge in [0.2, 0.25) is 0 Å². The quantitative estimate of drug-likeness (QED) is 0.419. The van der Waals surface area contributed by atoms with E-state index < -0.39 is 0 Å². The minimum Gasteiger partial charge on any atom is -0.457 e. The van der Waals surface area contributed by atoms with Gasteiger partial charge in [-0.2, -0.15) is 0 Å². The van der Waals surface area contributed by atoms with Gasteiger partial charge in [0.15, 0.2) is 0 Å². The van der Waals surface area contributed by atoms with Crippen molar-refractivity contribution in [3.05, 3.63) is 33.8 Å². The first-order valence-electron chi connectivity index (χ1n) is 11.0. The minimum absolute atomic E-state index is 0.187. The van der Waals surface area contributed by atoms with Gasteiger partial charge in [0.05, 0.1) is 16.6 Å². The summed E-state index contributed by atoms with van der Waals surface area (Å²) >= 11 is 1.62. The molecule has 29 heavy (non-hydrogen) atoms. The number of rotatable bonds is 3. The van der Waals surface area contributed by atoms with Crippen molar-refractivity contribution < 1.29 is 14.3 Å². The van der Waals surface area contributed by atoms with E-state index in [1.54, 1.807) is 11.3 Å². The Labute approximate surface area is 179 Å². The van der Waals surface area contributed by atoms with E-state index in [2.05, 4.69) is 17.1 Å². The summed E-state index contributed by atoms with van der Waals surface area (Å²) in [5, 5.41) is 3.04. The Morgan fingerprint density at radius 1 is 1.21 bits per heavy atom. The summed E-state index contributed by atoms with van der Waals surface area (Å²) in [6.45, 7) is 5.98. The van der Waals surface area contributed by atoms with Crippen LogP contribution < -0.4 is 0 Å². The Bertz CT molecular complexity index is 719. The molecule has 0 saturated carbocycles. The number of cyclic esters (lactones) is 1. The van der Waals surface area contributed by atoms with Crippen LogP contribution in [0.4, 0.5) is 0 Å². The monoisotopic (exact) mass is 417 g/mol. The van der Waals surface area contributed by atoms with Crippen molar-refractivity contribution >= 4 is 29.2 Å². The van der Waals surface area contributed by atoms with Crippen LogP contribution in [-0.4, -0.2) is 22.8 Å². The van der Waals surface area contributed by atoms with E-state index in [4.69, 9.17) is 4.74 Å². The third-order valence-corrected chi connectivity index (χ3v) is 6.26. The number of hydrogen-bond acceptors (Lipinski definition) is 5. The number of Topliss-reactive ketones (excluding diaryl/α,β-unsaturated/α-hetero) is 1. The van der Waals surface area contributed by atoms with Crippen LogP contribution in [0.5, 0.6) is 0 Å². The summed E-state index contributed by atoms with van der Waals surface area (Å²) in [7, 11) is 0. The maximum Gasteiger partial charge on any atom is 0.309 e. The largest absolute Gasteiger partial charge is 0.457 e. The third-order valence-electron chi connectivity index (χ3n) is 5.47. The first-order valence-corrected chi connectivity index (χ1v) is 11.8. The van der Waals surface area contributed by atoms with Gasteiger partial charge in [-0.3, -0.25) is 9.59 Å². The molecule has 0 aliphatic carbocycles. The summed E-state index contributed by atoms with van der Waals surface area (Å²) in [6, 6.07) is 0. The molecule has 0 saturated heterocycles. The average Bonchev–Trinajstić information content (AvgIpc) is 3.09. The molecular formula is C24H35NO3S. The molecule has 1 aliphatic heterocycles. The molecule has 1 aromatic rings. The molecule has 2 unspecified atom stereocenters. The van der Waals surface area contributed by atoms with Crippen LogP contribution in [0, 0.1) is 12.8 Å². The maximum atomic E-state index is 12.8. The molecule has 5 heteroatoms. The summed E-state index contributed by atoms with van der Waals surface area (Å²) in [5.74, 6) is -0.129. The van der Waals surface area contributed by atoms with E-state index in [9.17, 15) is 9.59 Å². The summed E-state index contributed by atoms with van der Waals surface area (Å²) in [4.78, 5) is 29.5. The van der Waals surface area contributed by atoms with Crippen molar-refractivity contribution in [3.8, 4) is 0 Å². The third kappa shape index (κ3) is 8.65. The van der Waals surface area contributed by atoms with E-state index in [1.807, 2.05) is 32.2 Å². The maximum absolute atomic E-state index is 12.8. The zero-order valence-corrected chi connectivity index (χ0v) is 18.9. The van der Waals surface area contributed by atoms with Crippen LogP contribution in [0.3, 0.4) is 0 Å². The van der Waals surface area contributed by atoms with Crippen LogP contribution >= 0.6 is 11.3 Å². The van der Waals surface area contributed by atoms with Crippen molar-refractivity contribution in [1.82, 2.24) is 4.98 Å². The second kappa shape index (κ2) is 12.7. The van der Waals surface area contributed by atoms with Crippen LogP contribution in [0.2, 0.25) is 0 Å². The fourth-order valence-corrected chi connectivity index (χ4v) is 4.13. The molecule has 0 bridgehead atoms. The number of carbonyl (C=O) groups excluding carboxylic acids is 2. The smallest absolute Gasteiger partial charge is 0.309 e. The summed E-state index contributed by atoms with van der Waals surface area (Å²) < 4.78 is 5.94. The lowest BCUT2D eigenvalue weighted by molar-refractivity contribution is -0.152. The molecule has 0 radical (unpaired) electrons. The number of thiazole rings is 1. The Morgan fingerprint density at radius 3 is 2.72 bits per heavy atom. The standard InChI is InChI=1S/C24H35NO3S/c1-4-20-14-15-22(26)12-10-8-6-5-7-9-11-13-23(28-24(20)27)18(2)16-21-17-29-19(3)25-21/h9,11,16-17,20,23H,4-8,10,12-15H2,1-3H3/b11-9-,18-16+. The second-order valence-electron chi connectivity index (χ2n) is 7.95. The number of esters is 1. The van der Waals surface area contributed by atoms with Gasteiger partial charge >= 0.3 is 5.97 Å². The normalized spacial score (nSPS) is 24.9. The van der Waals surface area contributed by atoms with Gasteiger partial charge in [0.1, 0.15) is 11.9 Å². The topological polar surface area (TPSA) is 56.3 Å².